The molecule has 3 saturated carbocycles. The number of rotatable bonds is 1. The van der Waals surface area contributed by atoms with Crippen LogP contribution in [0.25, 0.3) is 0 Å². The molecule has 17 heavy (non-hydrogen) atoms. The van der Waals surface area contributed by atoms with Crippen LogP contribution >= 0.6 is 0 Å². The predicted molar refractivity (Wildman–Crippen MR) is 62.7 cm³/mol. The maximum Gasteiger partial charge on any atom is 0.123 e. The summed E-state index contributed by atoms with van der Waals surface area (Å²) in [6.45, 7) is 0. The van der Waals surface area contributed by atoms with Crippen LogP contribution < -0.4 is 0 Å². The van der Waals surface area contributed by atoms with Gasteiger partial charge in [-0.3, -0.25) is 0 Å². The Balaban J connectivity index is 1.75. The van der Waals surface area contributed by atoms with Crippen molar-refractivity contribution in [2.45, 2.75) is 31.3 Å². The second kappa shape index (κ2) is 3.11. The first-order chi connectivity index (χ1) is 8.18. The molecular weight excluding hydrogens is 215 g/mol. The van der Waals surface area contributed by atoms with E-state index >= 15 is 0 Å². The molecule has 3 fully saturated rings. The lowest BCUT2D eigenvalue weighted by molar-refractivity contribution is -0.0327. The molecule has 0 amide bonds. The fourth-order valence-electron chi connectivity index (χ4n) is 4.61. The molecule has 0 radical (unpaired) electrons. The number of aliphatic hydroxyl groups is 1. The van der Waals surface area contributed by atoms with E-state index in [9.17, 15) is 9.50 Å². The van der Waals surface area contributed by atoms with Crippen molar-refractivity contribution < 1.29 is 9.50 Å². The van der Waals surface area contributed by atoms with E-state index in [1.54, 1.807) is 12.1 Å². The standard InChI is InChI=1S/C15H17FO/c16-11-4-2-10(3-5-11)15(17)8-9-1-6-12-13(7-9)14(12)15/h2-5,9,12-14,17H,1,6-8H2. The zero-order valence-electron chi connectivity index (χ0n) is 9.77. The first-order valence-electron chi connectivity index (χ1n) is 6.67. The zero-order valence-corrected chi connectivity index (χ0v) is 9.77. The Morgan fingerprint density at radius 1 is 1.12 bits per heavy atom. The van der Waals surface area contributed by atoms with Gasteiger partial charge in [-0.2, -0.15) is 0 Å². The van der Waals surface area contributed by atoms with E-state index in [0.29, 0.717) is 11.8 Å². The molecule has 3 aliphatic rings. The smallest absolute Gasteiger partial charge is 0.123 e. The van der Waals surface area contributed by atoms with Crippen LogP contribution in [-0.4, -0.2) is 5.11 Å². The Labute approximate surface area is 101 Å². The monoisotopic (exact) mass is 232 g/mol. The molecule has 1 aromatic carbocycles. The lowest BCUT2D eigenvalue weighted by Gasteiger charge is -2.36. The van der Waals surface area contributed by atoms with Gasteiger partial charge in [-0.05, 0) is 60.6 Å². The molecule has 0 aromatic heterocycles. The van der Waals surface area contributed by atoms with E-state index in [2.05, 4.69) is 0 Å². The van der Waals surface area contributed by atoms with Gasteiger partial charge in [0.1, 0.15) is 5.82 Å². The predicted octanol–water partition coefficient (Wildman–Crippen LogP) is 3.08. The second-order valence-electron chi connectivity index (χ2n) is 6.17. The van der Waals surface area contributed by atoms with Crippen molar-refractivity contribution in [1.29, 1.82) is 0 Å². The Kier molecular flexibility index (Phi) is 1.84. The van der Waals surface area contributed by atoms with Crippen molar-refractivity contribution in [3.05, 3.63) is 35.6 Å². The van der Waals surface area contributed by atoms with Crippen LogP contribution in [0.1, 0.15) is 31.2 Å². The summed E-state index contributed by atoms with van der Waals surface area (Å²) in [5, 5.41) is 11.0. The van der Waals surface area contributed by atoms with Gasteiger partial charge in [0, 0.05) is 0 Å². The topological polar surface area (TPSA) is 20.2 Å². The first-order valence-corrected chi connectivity index (χ1v) is 6.67. The fourth-order valence-corrected chi connectivity index (χ4v) is 4.61. The molecule has 90 valence electrons. The van der Waals surface area contributed by atoms with Crippen molar-refractivity contribution >= 4 is 0 Å². The summed E-state index contributed by atoms with van der Waals surface area (Å²) in [4.78, 5) is 0. The largest absolute Gasteiger partial charge is 0.385 e. The van der Waals surface area contributed by atoms with Crippen molar-refractivity contribution in [2.24, 2.45) is 23.7 Å². The third-order valence-corrected chi connectivity index (χ3v) is 5.34. The molecular formula is C15H17FO. The molecule has 0 heterocycles. The maximum absolute atomic E-state index is 13.0. The zero-order chi connectivity index (χ0) is 11.6. The van der Waals surface area contributed by atoms with Crippen molar-refractivity contribution in [3.63, 3.8) is 0 Å². The van der Waals surface area contributed by atoms with Gasteiger partial charge in [0.05, 0.1) is 5.60 Å². The molecule has 0 saturated heterocycles. The van der Waals surface area contributed by atoms with E-state index < -0.39 is 5.60 Å². The van der Waals surface area contributed by atoms with E-state index in [1.807, 2.05) is 0 Å². The Hall–Kier alpha value is -0.890. The SMILES string of the molecule is OC1(c2ccc(F)cc2)CC2CCC3C(C2)C31. The summed E-state index contributed by atoms with van der Waals surface area (Å²) in [6.07, 6.45) is 4.78. The summed E-state index contributed by atoms with van der Waals surface area (Å²) in [5.41, 5.74) is 0.269. The van der Waals surface area contributed by atoms with E-state index in [4.69, 9.17) is 0 Å². The van der Waals surface area contributed by atoms with Crippen molar-refractivity contribution in [1.82, 2.24) is 0 Å². The third-order valence-electron chi connectivity index (χ3n) is 5.34. The van der Waals surface area contributed by atoms with Gasteiger partial charge in [0.15, 0.2) is 0 Å². The summed E-state index contributed by atoms with van der Waals surface area (Å²) in [6, 6.07) is 6.49. The molecule has 5 unspecified atom stereocenters. The van der Waals surface area contributed by atoms with Crippen LogP contribution in [0, 0.1) is 29.5 Å². The molecule has 2 heteroatoms. The van der Waals surface area contributed by atoms with Crippen LogP contribution in [0.4, 0.5) is 4.39 Å². The maximum atomic E-state index is 13.0. The van der Waals surface area contributed by atoms with Gasteiger partial charge in [0.2, 0.25) is 0 Å². The van der Waals surface area contributed by atoms with Gasteiger partial charge >= 0.3 is 0 Å². The highest BCUT2D eigenvalue weighted by molar-refractivity contribution is 5.30. The highest BCUT2D eigenvalue weighted by Crippen LogP contribution is 2.69. The van der Waals surface area contributed by atoms with E-state index in [0.717, 1.165) is 23.8 Å². The Morgan fingerprint density at radius 2 is 1.88 bits per heavy atom. The van der Waals surface area contributed by atoms with Crippen molar-refractivity contribution in [2.75, 3.05) is 0 Å². The summed E-state index contributed by atoms with van der Waals surface area (Å²) < 4.78 is 13.0. The molecule has 4 rings (SSSR count). The summed E-state index contributed by atoms with van der Waals surface area (Å²) in [5.74, 6) is 2.40. The summed E-state index contributed by atoms with van der Waals surface area (Å²) >= 11 is 0. The van der Waals surface area contributed by atoms with Crippen molar-refractivity contribution in [3.8, 4) is 0 Å². The van der Waals surface area contributed by atoms with Gasteiger partial charge in [-0.25, -0.2) is 4.39 Å². The van der Waals surface area contributed by atoms with Crippen LogP contribution in [0.2, 0.25) is 0 Å². The normalized spacial score (nSPS) is 46.7. The van der Waals surface area contributed by atoms with Gasteiger partial charge in [0.25, 0.3) is 0 Å². The Morgan fingerprint density at radius 3 is 2.65 bits per heavy atom. The molecule has 3 aliphatic carbocycles. The lowest BCUT2D eigenvalue weighted by atomic mass is 9.73. The highest BCUT2D eigenvalue weighted by atomic mass is 19.1. The molecule has 1 nitrogen and oxygen atoms in total. The molecule has 1 N–H and O–H groups in total. The number of fused-ring (bicyclic) bond motifs is 2. The minimum Gasteiger partial charge on any atom is -0.385 e. The quantitative estimate of drug-likeness (QED) is 0.789. The van der Waals surface area contributed by atoms with Crippen LogP contribution in [0.15, 0.2) is 24.3 Å². The molecule has 2 bridgehead atoms. The van der Waals surface area contributed by atoms with Crippen LogP contribution in [-0.2, 0) is 5.60 Å². The minimum absolute atomic E-state index is 0.219. The number of benzene rings is 1. The van der Waals surface area contributed by atoms with Crippen LogP contribution in [0.3, 0.4) is 0 Å². The van der Waals surface area contributed by atoms with Gasteiger partial charge in [-0.1, -0.05) is 18.6 Å². The van der Waals surface area contributed by atoms with Gasteiger partial charge in [-0.15, -0.1) is 0 Å². The third kappa shape index (κ3) is 1.28. The lowest BCUT2D eigenvalue weighted by Crippen LogP contribution is -2.35. The first kappa shape index (κ1) is 10.1. The average molecular weight is 232 g/mol. The average Bonchev–Trinajstić information content (AvgIpc) is 3.06. The van der Waals surface area contributed by atoms with E-state index in [1.165, 1.54) is 31.4 Å². The molecule has 0 aliphatic heterocycles. The number of hydrogen-bond donors (Lipinski definition) is 1. The second-order valence-corrected chi connectivity index (χ2v) is 6.17. The number of hydrogen-bond acceptors (Lipinski definition) is 1. The molecule has 5 atom stereocenters. The Bertz CT molecular complexity index is 448. The van der Waals surface area contributed by atoms with E-state index in [-0.39, 0.29) is 5.82 Å². The van der Waals surface area contributed by atoms with Gasteiger partial charge < -0.3 is 5.11 Å². The molecule has 1 aromatic rings. The number of halogens is 1. The van der Waals surface area contributed by atoms with Crippen LogP contribution in [0.5, 0.6) is 0 Å². The minimum atomic E-state index is -0.664. The molecule has 0 spiro atoms. The summed E-state index contributed by atoms with van der Waals surface area (Å²) in [7, 11) is 0. The fraction of sp³-hybridized carbons (Fsp3) is 0.600. The highest BCUT2D eigenvalue weighted by Gasteiger charge is 2.66.